The number of nitrogens with two attached hydrogens (primary N) is 1. The topological polar surface area (TPSA) is 101 Å². The molecule has 1 aromatic carbocycles. The standard InChI is InChI=1S/C10H14BrN3O3S/c1-6-8(12)3-7(11)4-9(6)18(16,17)14-5-10(15)13-2/h3-4,14H,5,12H2,1-2H3,(H,13,15). The minimum absolute atomic E-state index is 0.0540. The Morgan fingerprint density at radius 1 is 1.44 bits per heavy atom. The van der Waals surface area contributed by atoms with Crippen LogP contribution < -0.4 is 15.8 Å². The molecule has 0 saturated carbocycles. The van der Waals surface area contributed by atoms with Gasteiger partial charge in [0, 0.05) is 17.2 Å². The fourth-order valence-corrected chi connectivity index (χ4v) is 3.19. The number of sulfonamides is 1. The van der Waals surface area contributed by atoms with E-state index in [1.165, 1.54) is 13.1 Å². The van der Waals surface area contributed by atoms with Crippen LogP contribution in [0.15, 0.2) is 21.5 Å². The summed E-state index contributed by atoms with van der Waals surface area (Å²) >= 11 is 3.18. The molecule has 18 heavy (non-hydrogen) atoms. The highest BCUT2D eigenvalue weighted by Crippen LogP contribution is 2.25. The van der Waals surface area contributed by atoms with Crippen molar-refractivity contribution in [1.29, 1.82) is 0 Å². The predicted octanol–water partition coefficient (Wildman–Crippen LogP) is 0.364. The van der Waals surface area contributed by atoms with Crippen molar-refractivity contribution in [1.82, 2.24) is 10.0 Å². The smallest absolute Gasteiger partial charge is 0.241 e. The number of likely N-dealkylation sites (N-methyl/N-ethyl adjacent to an activating group) is 1. The van der Waals surface area contributed by atoms with Gasteiger partial charge in [-0.2, -0.15) is 0 Å². The van der Waals surface area contributed by atoms with E-state index in [1.807, 2.05) is 0 Å². The lowest BCUT2D eigenvalue weighted by Gasteiger charge is -2.11. The molecule has 0 radical (unpaired) electrons. The first-order chi connectivity index (χ1) is 8.27. The highest BCUT2D eigenvalue weighted by atomic mass is 79.9. The molecule has 6 nitrogen and oxygen atoms in total. The van der Waals surface area contributed by atoms with Gasteiger partial charge < -0.3 is 11.1 Å². The van der Waals surface area contributed by atoms with Crippen LogP contribution >= 0.6 is 15.9 Å². The Morgan fingerprint density at radius 3 is 2.61 bits per heavy atom. The molecule has 0 heterocycles. The summed E-state index contributed by atoms with van der Waals surface area (Å²) in [5.41, 5.74) is 6.51. The molecular weight excluding hydrogens is 322 g/mol. The molecule has 0 bridgehead atoms. The van der Waals surface area contributed by atoms with Crippen LogP contribution in [0.5, 0.6) is 0 Å². The molecule has 1 rings (SSSR count). The predicted molar refractivity (Wildman–Crippen MR) is 72.5 cm³/mol. The maximum atomic E-state index is 12.0. The van der Waals surface area contributed by atoms with Crippen LogP contribution in [-0.2, 0) is 14.8 Å². The number of carbonyl (C=O) groups is 1. The number of benzene rings is 1. The molecular formula is C10H14BrN3O3S. The lowest BCUT2D eigenvalue weighted by Crippen LogP contribution is -2.35. The molecule has 0 aromatic heterocycles. The fraction of sp³-hybridized carbons (Fsp3) is 0.300. The van der Waals surface area contributed by atoms with Crippen LogP contribution in [0, 0.1) is 6.92 Å². The molecule has 0 aliphatic heterocycles. The second kappa shape index (κ2) is 5.68. The van der Waals surface area contributed by atoms with Gasteiger partial charge in [-0.1, -0.05) is 15.9 Å². The van der Waals surface area contributed by atoms with Gasteiger partial charge in [-0.05, 0) is 24.6 Å². The normalized spacial score (nSPS) is 11.3. The van der Waals surface area contributed by atoms with Gasteiger partial charge in [-0.15, -0.1) is 0 Å². The average molecular weight is 336 g/mol. The maximum Gasteiger partial charge on any atom is 0.241 e. The van der Waals surface area contributed by atoms with E-state index in [9.17, 15) is 13.2 Å². The molecule has 4 N–H and O–H groups in total. The Kier molecular flexibility index (Phi) is 4.71. The van der Waals surface area contributed by atoms with E-state index >= 15 is 0 Å². The van der Waals surface area contributed by atoms with E-state index < -0.39 is 15.9 Å². The summed E-state index contributed by atoms with van der Waals surface area (Å²) in [7, 11) is -2.33. The van der Waals surface area contributed by atoms with Crippen LogP contribution in [0.4, 0.5) is 5.69 Å². The Hall–Kier alpha value is -1.12. The van der Waals surface area contributed by atoms with E-state index in [1.54, 1.807) is 13.0 Å². The largest absolute Gasteiger partial charge is 0.398 e. The number of rotatable bonds is 4. The van der Waals surface area contributed by atoms with Gasteiger partial charge >= 0.3 is 0 Å². The van der Waals surface area contributed by atoms with Gasteiger partial charge in [-0.3, -0.25) is 4.79 Å². The molecule has 0 unspecified atom stereocenters. The highest BCUT2D eigenvalue weighted by Gasteiger charge is 2.19. The maximum absolute atomic E-state index is 12.0. The molecule has 0 spiro atoms. The van der Waals surface area contributed by atoms with E-state index in [-0.39, 0.29) is 11.4 Å². The zero-order valence-electron chi connectivity index (χ0n) is 9.95. The van der Waals surface area contributed by atoms with Crippen molar-refractivity contribution in [2.75, 3.05) is 19.3 Å². The summed E-state index contributed by atoms with van der Waals surface area (Å²) in [4.78, 5) is 11.1. The summed E-state index contributed by atoms with van der Waals surface area (Å²) in [6, 6.07) is 3.06. The summed E-state index contributed by atoms with van der Waals surface area (Å²) in [6.45, 7) is 1.29. The minimum Gasteiger partial charge on any atom is -0.398 e. The monoisotopic (exact) mass is 335 g/mol. The number of hydrogen-bond acceptors (Lipinski definition) is 4. The van der Waals surface area contributed by atoms with E-state index in [4.69, 9.17) is 5.73 Å². The Balaban J connectivity index is 3.09. The minimum atomic E-state index is -3.76. The fourth-order valence-electron chi connectivity index (χ4n) is 1.28. The Morgan fingerprint density at radius 2 is 2.06 bits per heavy atom. The zero-order chi connectivity index (χ0) is 13.9. The third kappa shape index (κ3) is 3.44. The molecule has 1 amide bonds. The number of carbonyl (C=O) groups excluding carboxylic acids is 1. The van der Waals surface area contributed by atoms with Gasteiger partial charge in [-0.25, -0.2) is 13.1 Å². The SMILES string of the molecule is CNC(=O)CNS(=O)(=O)c1cc(Br)cc(N)c1C. The Bertz CT molecular complexity index is 572. The quantitative estimate of drug-likeness (QED) is 0.691. The van der Waals surface area contributed by atoms with Crippen LogP contribution in [0.25, 0.3) is 0 Å². The van der Waals surface area contributed by atoms with Gasteiger partial charge in [0.1, 0.15) is 0 Å². The molecule has 1 aromatic rings. The molecule has 0 fully saturated rings. The zero-order valence-corrected chi connectivity index (χ0v) is 12.4. The van der Waals surface area contributed by atoms with Crippen molar-refractivity contribution in [3.8, 4) is 0 Å². The van der Waals surface area contributed by atoms with Gasteiger partial charge in [0.15, 0.2) is 0 Å². The molecule has 0 atom stereocenters. The third-order valence-electron chi connectivity index (χ3n) is 2.36. The van der Waals surface area contributed by atoms with Crippen LogP contribution in [0.2, 0.25) is 0 Å². The second-order valence-electron chi connectivity index (χ2n) is 3.62. The van der Waals surface area contributed by atoms with Gasteiger partial charge in [0.25, 0.3) is 0 Å². The number of nitrogen functional groups attached to an aromatic ring is 1. The van der Waals surface area contributed by atoms with Crippen molar-refractivity contribution in [2.45, 2.75) is 11.8 Å². The number of halogens is 1. The van der Waals surface area contributed by atoms with E-state index in [0.717, 1.165) is 0 Å². The first-order valence-corrected chi connectivity index (χ1v) is 7.31. The molecule has 0 saturated heterocycles. The highest BCUT2D eigenvalue weighted by molar-refractivity contribution is 9.10. The Labute approximate surface area is 114 Å². The first-order valence-electron chi connectivity index (χ1n) is 5.04. The lowest BCUT2D eigenvalue weighted by molar-refractivity contribution is -0.119. The number of anilines is 1. The molecule has 0 aliphatic carbocycles. The summed E-state index contributed by atoms with van der Waals surface area (Å²) in [6.07, 6.45) is 0. The lowest BCUT2D eigenvalue weighted by atomic mass is 10.2. The van der Waals surface area contributed by atoms with Crippen LogP contribution in [0.3, 0.4) is 0 Å². The summed E-state index contributed by atoms with van der Waals surface area (Å²) in [5, 5.41) is 2.33. The van der Waals surface area contributed by atoms with Crippen molar-refractivity contribution in [3.05, 3.63) is 22.2 Å². The van der Waals surface area contributed by atoms with Crippen molar-refractivity contribution >= 4 is 37.5 Å². The first kappa shape index (κ1) is 14.9. The third-order valence-corrected chi connectivity index (χ3v) is 4.34. The van der Waals surface area contributed by atoms with Crippen LogP contribution in [0.1, 0.15) is 5.56 Å². The number of hydrogen-bond donors (Lipinski definition) is 3. The summed E-state index contributed by atoms with van der Waals surface area (Å²) < 4.78 is 26.8. The molecule has 100 valence electrons. The van der Waals surface area contributed by atoms with E-state index in [2.05, 4.69) is 26.0 Å². The molecule has 0 aliphatic rings. The summed E-state index contributed by atoms with van der Waals surface area (Å²) in [5.74, 6) is -0.417. The average Bonchev–Trinajstić information content (AvgIpc) is 2.30. The van der Waals surface area contributed by atoms with Crippen LogP contribution in [-0.4, -0.2) is 27.9 Å². The van der Waals surface area contributed by atoms with E-state index in [0.29, 0.717) is 15.7 Å². The number of amides is 1. The second-order valence-corrected chi connectivity index (χ2v) is 6.27. The van der Waals surface area contributed by atoms with Gasteiger partial charge in [0.05, 0.1) is 11.4 Å². The van der Waals surface area contributed by atoms with Crippen molar-refractivity contribution < 1.29 is 13.2 Å². The van der Waals surface area contributed by atoms with Gasteiger partial charge in [0.2, 0.25) is 15.9 Å². The molecule has 8 heteroatoms. The number of nitrogens with one attached hydrogen (secondary N) is 2. The van der Waals surface area contributed by atoms with Crippen molar-refractivity contribution in [2.24, 2.45) is 0 Å². The van der Waals surface area contributed by atoms with Crippen molar-refractivity contribution in [3.63, 3.8) is 0 Å².